The lowest BCUT2D eigenvalue weighted by molar-refractivity contribution is -0.143. The molecule has 0 bridgehead atoms. The number of ether oxygens (including phenoxy) is 7. The molecule has 5 amide bonds. The molecule has 9 rings (SSSR count). The summed E-state index contributed by atoms with van der Waals surface area (Å²) in [5.41, 5.74) is 7.10. The van der Waals surface area contributed by atoms with Crippen LogP contribution in [0.15, 0.2) is 122 Å². The molecular weight excluding hydrogens is 1300 g/mol. The zero-order valence-electron chi connectivity index (χ0n) is 59.5. The quantitative estimate of drug-likeness (QED) is 0.0140. The van der Waals surface area contributed by atoms with Crippen LogP contribution in [0.5, 0.6) is 17.2 Å². The van der Waals surface area contributed by atoms with Crippen LogP contribution in [0.2, 0.25) is 0 Å². The summed E-state index contributed by atoms with van der Waals surface area (Å²) in [7, 11) is 1.55. The largest absolute Gasteiger partial charge is 0.493 e. The summed E-state index contributed by atoms with van der Waals surface area (Å²) < 4.78 is 39.5. The van der Waals surface area contributed by atoms with Crippen molar-refractivity contribution in [2.24, 2.45) is 22.2 Å². The van der Waals surface area contributed by atoms with E-state index in [9.17, 15) is 48.3 Å². The van der Waals surface area contributed by atoms with E-state index in [1.165, 1.54) is 23.1 Å². The molecule has 102 heavy (non-hydrogen) atoms. The number of hydrogen-bond donors (Lipinski definition) is 2. The van der Waals surface area contributed by atoms with Crippen molar-refractivity contribution in [3.63, 3.8) is 0 Å². The number of esters is 2. The number of rotatable bonds is 37. The molecule has 4 heterocycles. The second kappa shape index (κ2) is 36.3. The van der Waals surface area contributed by atoms with Crippen LogP contribution in [0.1, 0.15) is 178 Å². The molecule has 4 aromatic carbocycles. The fourth-order valence-electron chi connectivity index (χ4n) is 13.5. The van der Waals surface area contributed by atoms with Crippen LogP contribution in [0.4, 0.5) is 15.3 Å². The lowest BCUT2D eigenvalue weighted by atomic mass is 9.88. The van der Waals surface area contributed by atoms with Crippen molar-refractivity contribution in [1.29, 1.82) is 0 Å². The van der Waals surface area contributed by atoms with E-state index in [0.717, 1.165) is 47.9 Å². The molecule has 1 spiro atoms. The molecule has 0 radical (unpaired) electrons. The summed E-state index contributed by atoms with van der Waals surface area (Å²) in [6.07, 6.45) is 13.0. The number of aliphatic hydroxyl groups is 1. The highest BCUT2D eigenvalue weighted by atomic mass is 16.6. The van der Waals surface area contributed by atoms with Crippen LogP contribution >= 0.6 is 0 Å². The predicted octanol–water partition coefficient (Wildman–Crippen LogP) is 12.6. The molecule has 5 atom stereocenters. The molecule has 544 valence electrons. The summed E-state index contributed by atoms with van der Waals surface area (Å²) in [4.78, 5) is 128. The number of ketones is 2. The van der Waals surface area contributed by atoms with Crippen LogP contribution in [0.3, 0.4) is 0 Å². The maximum absolute atomic E-state index is 14.4. The third kappa shape index (κ3) is 20.3. The van der Waals surface area contributed by atoms with E-state index in [1.54, 1.807) is 61.4 Å². The van der Waals surface area contributed by atoms with Gasteiger partial charge >= 0.3 is 24.1 Å². The zero-order chi connectivity index (χ0) is 73.0. The van der Waals surface area contributed by atoms with E-state index in [4.69, 9.17) is 33.2 Å². The van der Waals surface area contributed by atoms with Crippen molar-refractivity contribution in [3.8, 4) is 17.2 Å². The van der Waals surface area contributed by atoms with Gasteiger partial charge in [-0.1, -0.05) is 107 Å². The van der Waals surface area contributed by atoms with E-state index < -0.39 is 42.4 Å². The normalized spacial score (nSPS) is 17.7. The minimum atomic E-state index is -1.41. The van der Waals surface area contributed by atoms with Gasteiger partial charge in [-0.25, -0.2) is 14.5 Å². The maximum Gasteiger partial charge on any atom is 0.433 e. The maximum atomic E-state index is 14.4. The Morgan fingerprint density at radius 3 is 2.07 bits per heavy atom. The molecule has 0 aromatic heterocycles. The number of fused-ring (bicyclic) bond motifs is 4. The summed E-state index contributed by atoms with van der Waals surface area (Å²) in [6, 6.07) is 20.5. The predicted molar refractivity (Wildman–Crippen MR) is 384 cm³/mol. The first-order chi connectivity index (χ1) is 49.1. The topological polar surface area (TPSA) is 273 Å². The van der Waals surface area contributed by atoms with Crippen molar-refractivity contribution in [1.82, 2.24) is 15.1 Å². The van der Waals surface area contributed by atoms with E-state index in [0.29, 0.717) is 129 Å². The summed E-state index contributed by atoms with van der Waals surface area (Å²) in [6.45, 7) is 19.0. The number of amides is 5. The fourth-order valence-corrected chi connectivity index (χ4v) is 13.5. The van der Waals surface area contributed by atoms with Crippen LogP contribution < -0.4 is 24.4 Å². The lowest BCUT2D eigenvalue weighted by Gasteiger charge is -2.31. The fraction of sp³-hybridized carbons (Fsp3) is 0.475. The van der Waals surface area contributed by atoms with Gasteiger partial charge in [-0.05, 0) is 166 Å². The van der Waals surface area contributed by atoms with E-state index in [1.807, 2.05) is 62.2 Å². The number of carbonyl (C=O) groups is 9. The Kier molecular flexibility index (Phi) is 27.2. The van der Waals surface area contributed by atoms with Crippen molar-refractivity contribution >= 4 is 70.4 Å². The number of nitrogens with one attached hydrogen (secondary N) is 1. The van der Waals surface area contributed by atoms with Crippen molar-refractivity contribution < 1.29 is 81.4 Å². The summed E-state index contributed by atoms with van der Waals surface area (Å²) in [5.74, 6) is -1.18. The minimum absolute atomic E-state index is 0.00327. The minimum Gasteiger partial charge on any atom is -0.493 e. The molecule has 4 aliphatic heterocycles. The molecule has 2 N–H and O–H groups in total. The molecule has 1 saturated carbocycles. The lowest BCUT2D eigenvalue weighted by Crippen LogP contribution is -2.50. The molecular formula is C80H97N5O17. The Hall–Kier alpha value is -9.70. The van der Waals surface area contributed by atoms with E-state index >= 15 is 0 Å². The SMILES string of the molecule is C=CCOC(=O)CCCCCC(=O)C[C@H](C(=O)N[C@@H](C)C(=O)Cc1ccc(COC(=O)N2c3cc(OCCCCCOc4cc5c(cc4OC)C(=O)N4C=C(c6ccc(CCC(CC(=O)OCC=C)=NC(=O)OCC=C)cc6)C[C@H]4CC5)c(C)cc3C(=O)N3CC4(CC4)C[C@H]3C2O)cc1)C(C)C. The Morgan fingerprint density at radius 2 is 1.38 bits per heavy atom. The van der Waals surface area contributed by atoms with Gasteiger partial charge in [0.05, 0.1) is 50.1 Å². The standard InChI is InChI=1S/C80H97N5O17/c1-9-34-99-72(88)19-15-12-14-18-62(86)44-63(51(4)5)74(90)81-53(7)68(87)40-55-20-22-56(23-21-55)49-102-79(95)85-66-46-69(52(6)39-65(66)76(92)84-50-80(32-33-80)47-67(84)77(85)93)97-37-16-13-17-38-98-71-42-58-29-31-61-41-59(48-83(61)75(91)64(58)45-70(71)96-8)57-27-24-54(25-28-57)26-30-60(43-73(89)100-35-10-2)82-78(94)101-36-11-3/h9-11,20-25,27-28,39,42,45-46,48,51,53,61,63,67,77,93H,1-3,12-19,26,29-38,40-41,43-44,47,49-50H2,4-8H3,(H,81,90)/t53-,61+,63-,67-,77?/m0/s1. The first kappa shape index (κ1) is 76.5. The number of aliphatic hydroxyl groups excluding tert-OH is 1. The Morgan fingerprint density at radius 1 is 0.725 bits per heavy atom. The third-order valence-corrected chi connectivity index (χ3v) is 19.6. The highest BCUT2D eigenvalue weighted by Crippen LogP contribution is 2.57. The van der Waals surface area contributed by atoms with Crippen molar-refractivity contribution in [2.75, 3.05) is 51.6 Å². The number of benzene rings is 4. The summed E-state index contributed by atoms with van der Waals surface area (Å²) in [5, 5.41) is 15.0. The van der Waals surface area contributed by atoms with Gasteiger partial charge < -0.3 is 53.4 Å². The van der Waals surface area contributed by atoms with Gasteiger partial charge in [-0.15, -0.1) is 0 Å². The van der Waals surface area contributed by atoms with Gasteiger partial charge in [0.2, 0.25) is 5.91 Å². The van der Waals surface area contributed by atoms with Gasteiger partial charge in [-0.2, -0.15) is 4.99 Å². The van der Waals surface area contributed by atoms with Crippen LogP contribution in [-0.2, 0) is 68.8 Å². The average molecular weight is 1400 g/mol. The number of aliphatic imine (C=N–C) groups is 1. The van der Waals surface area contributed by atoms with Crippen molar-refractivity contribution in [2.45, 2.75) is 181 Å². The highest BCUT2D eigenvalue weighted by molar-refractivity contribution is 6.06. The molecule has 22 heteroatoms. The number of nitrogens with zero attached hydrogens (tertiary/aromatic N) is 4. The Labute approximate surface area is 597 Å². The Balaban J connectivity index is 0.749. The molecule has 4 aromatic rings. The molecule has 1 saturated heterocycles. The second-order valence-corrected chi connectivity index (χ2v) is 27.6. The average Bonchev–Trinajstić information content (AvgIpc) is 1.56. The van der Waals surface area contributed by atoms with Gasteiger partial charge in [0.1, 0.15) is 38.0 Å². The zero-order valence-corrected chi connectivity index (χ0v) is 59.5. The number of unbranched alkanes of at least 4 members (excludes halogenated alkanes) is 4. The van der Waals surface area contributed by atoms with Gasteiger partial charge in [0.25, 0.3) is 11.8 Å². The number of aryl methyl sites for hydroxylation is 3. The van der Waals surface area contributed by atoms with Gasteiger partial charge in [0.15, 0.2) is 23.5 Å². The monoisotopic (exact) mass is 1400 g/mol. The van der Waals surface area contributed by atoms with E-state index in [-0.39, 0.29) is 122 Å². The van der Waals surface area contributed by atoms with Crippen LogP contribution in [0.25, 0.3) is 5.57 Å². The molecule has 22 nitrogen and oxygen atoms in total. The number of methoxy groups -OCH3 is 1. The first-order valence-electron chi connectivity index (χ1n) is 35.6. The first-order valence-corrected chi connectivity index (χ1v) is 35.6. The smallest absolute Gasteiger partial charge is 0.433 e. The molecule has 2 fully saturated rings. The molecule has 1 unspecified atom stereocenters. The number of Topliss-reactive ketones (excluding diaryl/α,β-unsaturated/α-hetero) is 2. The van der Waals surface area contributed by atoms with E-state index in [2.05, 4.69) is 30.0 Å². The molecule has 1 aliphatic carbocycles. The highest BCUT2D eigenvalue weighted by Gasteiger charge is 2.58. The van der Waals surface area contributed by atoms with Gasteiger partial charge in [-0.3, -0.25) is 33.6 Å². The second-order valence-electron chi connectivity index (χ2n) is 27.6. The van der Waals surface area contributed by atoms with Crippen LogP contribution in [-0.4, -0.2) is 145 Å². The number of carbonyl (C=O) groups excluding carboxylic acids is 9. The number of anilines is 1. The van der Waals surface area contributed by atoms with Crippen LogP contribution in [0, 0.1) is 24.2 Å². The number of hydrogen-bond acceptors (Lipinski definition) is 17. The molecule has 5 aliphatic rings. The third-order valence-electron chi connectivity index (χ3n) is 19.6. The van der Waals surface area contributed by atoms with Crippen molar-refractivity contribution in [3.05, 3.63) is 161 Å². The Bertz CT molecular complexity index is 3810. The van der Waals surface area contributed by atoms with Gasteiger partial charge in [0, 0.05) is 67.7 Å². The summed E-state index contributed by atoms with van der Waals surface area (Å²) >= 11 is 0.